The quantitative estimate of drug-likeness (QED) is 0.474. The Labute approximate surface area is 195 Å². The summed E-state index contributed by atoms with van der Waals surface area (Å²) in [6.45, 7) is 1.62. The Morgan fingerprint density at radius 1 is 1.00 bits per heavy atom. The summed E-state index contributed by atoms with van der Waals surface area (Å²) in [5.74, 6) is -0.152. The molecule has 34 heavy (non-hydrogen) atoms. The summed E-state index contributed by atoms with van der Waals surface area (Å²) in [5.41, 5.74) is 2.67. The van der Waals surface area contributed by atoms with Crippen molar-refractivity contribution < 1.29 is 14.0 Å². The van der Waals surface area contributed by atoms with Crippen molar-refractivity contribution in [1.29, 1.82) is 0 Å². The van der Waals surface area contributed by atoms with Crippen LogP contribution in [0.4, 0.5) is 15.0 Å². The fourth-order valence-corrected chi connectivity index (χ4v) is 4.01. The van der Waals surface area contributed by atoms with Crippen molar-refractivity contribution in [3.05, 3.63) is 102 Å². The molecule has 3 heterocycles. The molecule has 1 N–H and O–H groups in total. The van der Waals surface area contributed by atoms with Crippen molar-refractivity contribution in [3.63, 3.8) is 0 Å². The molecule has 2 aromatic carbocycles. The second-order valence-electron chi connectivity index (χ2n) is 8.03. The molecule has 1 saturated heterocycles. The van der Waals surface area contributed by atoms with E-state index < -0.39 is 0 Å². The third-order valence-electron chi connectivity index (χ3n) is 5.76. The van der Waals surface area contributed by atoms with Gasteiger partial charge in [0.25, 0.3) is 5.91 Å². The van der Waals surface area contributed by atoms with E-state index in [0.29, 0.717) is 48.5 Å². The standard InChI is InChI=1S/C26H22FN5O2/c27-19-10-8-18(9-11-19)17-31-13-14-32(26(31)34)24-15-22(21-6-1-2-7-23(21)30-24)25(33)29-16-20-5-3-4-12-28-20/h1-12,15H,13-14,16-17H2,(H,29,33). The van der Waals surface area contributed by atoms with Gasteiger partial charge in [0.15, 0.2) is 0 Å². The van der Waals surface area contributed by atoms with E-state index in [0.717, 1.165) is 11.3 Å². The average Bonchev–Trinajstić information content (AvgIpc) is 3.23. The molecule has 0 unspecified atom stereocenters. The molecule has 0 saturated carbocycles. The van der Waals surface area contributed by atoms with Crippen LogP contribution < -0.4 is 10.2 Å². The first-order valence-electron chi connectivity index (χ1n) is 11.0. The molecule has 1 aliphatic heterocycles. The van der Waals surface area contributed by atoms with Crippen LogP contribution >= 0.6 is 0 Å². The monoisotopic (exact) mass is 455 g/mol. The molecular formula is C26H22FN5O2. The van der Waals surface area contributed by atoms with Gasteiger partial charge in [-0.15, -0.1) is 0 Å². The third-order valence-corrected chi connectivity index (χ3v) is 5.76. The lowest BCUT2D eigenvalue weighted by Crippen LogP contribution is -2.32. The van der Waals surface area contributed by atoms with Gasteiger partial charge in [-0.05, 0) is 42.0 Å². The number of carbonyl (C=O) groups excluding carboxylic acids is 2. The summed E-state index contributed by atoms with van der Waals surface area (Å²) in [6.07, 6.45) is 1.68. The Hall–Kier alpha value is -4.33. The van der Waals surface area contributed by atoms with Crippen molar-refractivity contribution in [2.45, 2.75) is 13.1 Å². The number of fused-ring (bicyclic) bond motifs is 1. The molecule has 3 amide bonds. The van der Waals surface area contributed by atoms with Crippen molar-refractivity contribution >= 4 is 28.7 Å². The predicted molar refractivity (Wildman–Crippen MR) is 127 cm³/mol. The van der Waals surface area contributed by atoms with E-state index in [9.17, 15) is 14.0 Å². The van der Waals surface area contributed by atoms with E-state index in [1.807, 2.05) is 42.5 Å². The molecule has 1 fully saturated rings. The van der Waals surface area contributed by atoms with Crippen molar-refractivity contribution in [1.82, 2.24) is 20.2 Å². The van der Waals surface area contributed by atoms with Crippen LogP contribution in [-0.4, -0.2) is 39.9 Å². The van der Waals surface area contributed by atoms with Gasteiger partial charge in [0.1, 0.15) is 11.6 Å². The number of urea groups is 1. The number of amides is 3. The number of rotatable bonds is 6. The van der Waals surface area contributed by atoms with E-state index >= 15 is 0 Å². The van der Waals surface area contributed by atoms with Crippen LogP contribution in [0.1, 0.15) is 21.6 Å². The van der Waals surface area contributed by atoms with Crippen LogP contribution in [0.15, 0.2) is 79.0 Å². The highest BCUT2D eigenvalue weighted by Gasteiger charge is 2.31. The fraction of sp³-hybridized carbons (Fsp3) is 0.154. The Balaban J connectivity index is 1.39. The molecule has 0 radical (unpaired) electrons. The fourth-order valence-electron chi connectivity index (χ4n) is 4.01. The number of pyridine rings is 2. The lowest BCUT2D eigenvalue weighted by atomic mass is 10.1. The summed E-state index contributed by atoms with van der Waals surface area (Å²) in [7, 11) is 0. The van der Waals surface area contributed by atoms with Crippen molar-refractivity contribution in [2.24, 2.45) is 0 Å². The number of hydrogen-bond donors (Lipinski definition) is 1. The van der Waals surface area contributed by atoms with E-state index in [-0.39, 0.29) is 17.8 Å². The summed E-state index contributed by atoms with van der Waals surface area (Å²) in [5, 5.41) is 3.62. The van der Waals surface area contributed by atoms with Gasteiger partial charge in [-0.2, -0.15) is 0 Å². The van der Waals surface area contributed by atoms with Crippen LogP contribution in [0.3, 0.4) is 0 Å². The first-order chi connectivity index (χ1) is 16.6. The second-order valence-corrected chi connectivity index (χ2v) is 8.03. The van der Waals surface area contributed by atoms with Crippen LogP contribution in [0.2, 0.25) is 0 Å². The van der Waals surface area contributed by atoms with E-state index in [2.05, 4.69) is 15.3 Å². The van der Waals surface area contributed by atoms with E-state index in [1.165, 1.54) is 12.1 Å². The third kappa shape index (κ3) is 4.43. The van der Waals surface area contributed by atoms with Gasteiger partial charge in [-0.25, -0.2) is 14.2 Å². The number of carbonyl (C=O) groups is 2. The van der Waals surface area contributed by atoms with Crippen molar-refractivity contribution in [2.75, 3.05) is 18.0 Å². The molecular weight excluding hydrogens is 433 g/mol. The lowest BCUT2D eigenvalue weighted by molar-refractivity contribution is 0.0952. The number of anilines is 1. The topological polar surface area (TPSA) is 78.4 Å². The Morgan fingerprint density at radius 2 is 1.79 bits per heavy atom. The maximum atomic E-state index is 13.2. The van der Waals surface area contributed by atoms with Gasteiger partial charge in [0, 0.05) is 31.2 Å². The molecule has 4 aromatic rings. The summed E-state index contributed by atoms with van der Waals surface area (Å²) in [4.78, 5) is 38.4. The Morgan fingerprint density at radius 3 is 2.59 bits per heavy atom. The highest BCUT2D eigenvalue weighted by atomic mass is 19.1. The van der Waals surface area contributed by atoms with Gasteiger partial charge >= 0.3 is 6.03 Å². The minimum atomic E-state index is -0.313. The molecule has 7 nitrogen and oxygen atoms in total. The normalized spacial score (nSPS) is 13.5. The number of hydrogen-bond acceptors (Lipinski definition) is 4. The Bertz CT molecular complexity index is 1340. The van der Waals surface area contributed by atoms with Gasteiger partial charge < -0.3 is 10.2 Å². The van der Waals surface area contributed by atoms with Crippen LogP contribution in [0.25, 0.3) is 10.9 Å². The highest BCUT2D eigenvalue weighted by Crippen LogP contribution is 2.26. The Kier molecular flexibility index (Phi) is 5.86. The predicted octanol–water partition coefficient (Wildman–Crippen LogP) is 4.14. The molecule has 2 aromatic heterocycles. The highest BCUT2D eigenvalue weighted by molar-refractivity contribution is 6.08. The van der Waals surface area contributed by atoms with E-state index in [4.69, 9.17) is 0 Å². The largest absolute Gasteiger partial charge is 0.346 e. The van der Waals surface area contributed by atoms with E-state index in [1.54, 1.807) is 34.2 Å². The molecule has 8 heteroatoms. The van der Waals surface area contributed by atoms with Gasteiger partial charge in [-0.3, -0.25) is 14.7 Å². The zero-order chi connectivity index (χ0) is 23.5. The van der Waals surface area contributed by atoms with Gasteiger partial charge in [-0.1, -0.05) is 36.4 Å². The summed E-state index contributed by atoms with van der Waals surface area (Å²) in [6, 6.07) is 20.5. The zero-order valence-corrected chi connectivity index (χ0v) is 18.3. The second kappa shape index (κ2) is 9.27. The molecule has 0 spiro atoms. The smallest absolute Gasteiger partial charge is 0.326 e. The molecule has 0 bridgehead atoms. The molecule has 0 aliphatic carbocycles. The average molecular weight is 455 g/mol. The first-order valence-corrected chi connectivity index (χ1v) is 11.0. The van der Waals surface area contributed by atoms with Crippen LogP contribution in [0.5, 0.6) is 0 Å². The number of halogens is 1. The number of para-hydroxylation sites is 1. The number of nitrogens with zero attached hydrogens (tertiary/aromatic N) is 4. The van der Waals surface area contributed by atoms with Gasteiger partial charge in [0.2, 0.25) is 0 Å². The van der Waals surface area contributed by atoms with Gasteiger partial charge in [0.05, 0.1) is 23.3 Å². The number of benzene rings is 2. The summed E-state index contributed by atoms with van der Waals surface area (Å²) >= 11 is 0. The number of aromatic nitrogens is 2. The molecule has 5 rings (SSSR count). The maximum Gasteiger partial charge on any atom is 0.326 e. The summed E-state index contributed by atoms with van der Waals surface area (Å²) < 4.78 is 13.2. The molecule has 170 valence electrons. The SMILES string of the molecule is O=C(NCc1ccccn1)c1cc(N2CCN(Cc3ccc(F)cc3)C2=O)nc2ccccc12. The zero-order valence-electron chi connectivity index (χ0n) is 18.3. The first kappa shape index (κ1) is 21.5. The number of nitrogens with one attached hydrogen (secondary N) is 1. The van der Waals surface area contributed by atoms with Crippen molar-refractivity contribution in [3.8, 4) is 0 Å². The minimum Gasteiger partial charge on any atom is -0.346 e. The lowest BCUT2D eigenvalue weighted by Gasteiger charge is -2.19. The van der Waals surface area contributed by atoms with Crippen LogP contribution in [-0.2, 0) is 13.1 Å². The minimum absolute atomic E-state index is 0.202. The van der Waals surface area contributed by atoms with Crippen LogP contribution in [0, 0.1) is 5.82 Å². The molecule has 1 aliphatic rings. The molecule has 0 atom stereocenters. The maximum absolute atomic E-state index is 13.2.